The van der Waals surface area contributed by atoms with Crippen molar-refractivity contribution in [3.8, 4) is 0 Å². The maximum absolute atomic E-state index is 4.47. The molecule has 1 nitrogen and oxygen atoms in total. The molecule has 1 aromatic heterocycles. The molecule has 0 unspecified atom stereocenters. The van der Waals surface area contributed by atoms with Crippen LogP contribution in [0.15, 0.2) is 48.7 Å². The molecule has 0 saturated carbocycles. The molecule has 3 aromatic rings. The molecule has 0 radical (unpaired) electrons. The molecule has 0 aliphatic rings. The Labute approximate surface area is 98.3 Å². The van der Waals surface area contributed by atoms with Crippen LogP contribution in [0.4, 0.5) is 0 Å². The molecule has 74 valence electrons. The molecule has 15 heavy (non-hydrogen) atoms. The first kappa shape index (κ1) is 9.02. The van der Waals surface area contributed by atoms with Gasteiger partial charge in [0.05, 0.1) is 0 Å². The van der Waals surface area contributed by atoms with Gasteiger partial charge in [-0.2, -0.15) is 0 Å². The number of aromatic nitrogens is 1. The summed E-state index contributed by atoms with van der Waals surface area (Å²) in [4.78, 5) is 4.47. The molecule has 0 N–H and O–H groups in total. The average Bonchev–Trinajstić information content (AvgIpc) is 2.29. The Bertz CT molecular complexity index is 646. The zero-order valence-corrected chi connectivity index (χ0v) is 10.3. The third kappa shape index (κ3) is 1.38. The molecule has 2 heteroatoms. The molecule has 0 aliphatic carbocycles. The van der Waals surface area contributed by atoms with Gasteiger partial charge in [0.2, 0.25) is 0 Å². The van der Waals surface area contributed by atoms with Gasteiger partial charge < -0.3 is 0 Å². The minimum atomic E-state index is 1.08. The summed E-state index contributed by atoms with van der Waals surface area (Å²) in [5, 5.41) is 3.77. The van der Waals surface area contributed by atoms with Crippen LogP contribution in [0.3, 0.4) is 0 Å². The number of fused-ring (bicyclic) bond motifs is 3. The molecule has 0 aliphatic heterocycles. The first-order chi connectivity index (χ1) is 7.36. The van der Waals surface area contributed by atoms with E-state index in [1.165, 1.54) is 20.2 Å². The van der Waals surface area contributed by atoms with E-state index in [1.54, 1.807) is 0 Å². The fourth-order valence-electron chi connectivity index (χ4n) is 1.85. The summed E-state index contributed by atoms with van der Waals surface area (Å²) < 4.78 is 1.29. The molecular weight excluding hydrogens is 362 g/mol. The van der Waals surface area contributed by atoms with E-state index < -0.39 is 0 Å². The van der Waals surface area contributed by atoms with Crippen LogP contribution in [0.5, 0.6) is 0 Å². The van der Waals surface area contributed by atoms with Gasteiger partial charge in [-0.05, 0) is 0 Å². The summed E-state index contributed by atoms with van der Waals surface area (Å²) in [7, 11) is 0. The van der Waals surface area contributed by atoms with Gasteiger partial charge in [0.25, 0.3) is 0 Å². The number of benzene rings is 2. The van der Waals surface area contributed by atoms with Crippen molar-refractivity contribution in [2.75, 3.05) is 0 Å². The summed E-state index contributed by atoms with van der Waals surface area (Å²) in [5.74, 6) is 0. The van der Waals surface area contributed by atoms with Crippen LogP contribution >= 0.6 is 0 Å². The molecule has 0 atom stereocenters. The quantitative estimate of drug-likeness (QED) is 0.555. The molecule has 1 heterocycles. The predicted molar refractivity (Wildman–Crippen MR) is 58.9 cm³/mol. The van der Waals surface area contributed by atoms with Gasteiger partial charge in [0, 0.05) is 0 Å². The topological polar surface area (TPSA) is 12.9 Å². The van der Waals surface area contributed by atoms with E-state index in [2.05, 4.69) is 60.3 Å². The Hall–Kier alpha value is -1.24. The van der Waals surface area contributed by atoms with Crippen molar-refractivity contribution in [1.29, 1.82) is 0 Å². The number of nitrogens with zero attached hydrogens (tertiary/aromatic N) is 1. The Morgan fingerprint density at radius 2 is 1.80 bits per heavy atom. The van der Waals surface area contributed by atoms with Crippen molar-refractivity contribution in [3.63, 3.8) is 0 Å². The molecular formula is C13H8IrN. The number of hydrogen-bond acceptors (Lipinski definition) is 1. The molecule has 0 amide bonds. The van der Waals surface area contributed by atoms with Crippen LogP contribution in [-0.4, -0.2) is 4.98 Å². The number of pyridine rings is 1. The third-order valence-corrected chi connectivity index (χ3v) is 3.54. The van der Waals surface area contributed by atoms with Crippen molar-refractivity contribution < 1.29 is 18.9 Å². The van der Waals surface area contributed by atoms with E-state index in [-0.39, 0.29) is 0 Å². The first-order valence-corrected chi connectivity index (χ1v) is 5.96. The van der Waals surface area contributed by atoms with Gasteiger partial charge in [-0.25, -0.2) is 0 Å². The van der Waals surface area contributed by atoms with Crippen LogP contribution in [-0.2, 0) is 18.9 Å². The van der Waals surface area contributed by atoms with Gasteiger partial charge in [-0.3, -0.25) is 0 Å². The van der Waals surface area contributed by atoms with Crippen molar-refractivity contribution in [1.82, 2.24) is 4.98 Å². The van der Waals surface area contributed by atoms with Gasteiger partial charge in [-0.15, -0.1) is 0 Å². The Balaban J connectivity index is 2.64. The van der Waals surface area contributed by atoms with E-state index in [9.17, 15) is 0 Å². The van der Waals surface area contributed by atoms with Gasteiger partial charge in [0.15, 0.2) is 0 Å². The van der Waals surface area contributed by atoms with Crippen molar-refractivity contribution >= 4 is 25.8 Å². The standard InChI is InChI=1S/C13H8N.Ir/c1-2-6-11-10(5-1)9-14-13-8-4-3-7-12(11)13;/h1-6,8-9H;. The number of rotatable bonds is 0. The fraction of sp³-hybridized carbons (Fsp3) is 0. The van der Waals surface area contributed by atoms with Crippen LogP contribution < -0.4 is 4.08 Å². The van der Waals surface area contributed by atoms with Gasteiger partial charge in [-0.1, -0.05) is 0 Å². The molecule has 3 rings (SSSR count). The minimum absolute atomic E-state index is 1.08. The second-order valence-electron chi connectivity index (χ2n) is 3.46. The van der Waals surface area contributed by atoms with Crippen molar-refractivity contribution in [3.05, 3.63) is 48.7 Å². The van der Waals surface area contributed by atoms with Crippen LogP contribution in [0, 0.1) is 0 Å². The normalized spacial score (nSPS) is 11.1. The average molecular weight is 370 g/mol. The van der Waals surface area contributed by atoms with Gasteiger partial charge in [0.1, 0.15) is 0 Å². The molecule has 0 saturated heterocycles. The summed E-state index contributed by atoms with van der Waals surface area (Å²) in [6.07, 6.45) is 1.94. The summed E-state index contributed by atoms with van der Waals surface area (Å²) in [5.41, 5.74) is 1.08. The van der Waals surface area contributed by atoms with Crippen LogP contribution in [0.2, 0.25) is 0 Å². The van der Waals surface area contributed by atoms with E-state index in [1.807, 2.05) is 12.3 Å². The van der Waals surface area contributed by atoms with E-state index in [4.69, 9.17) is 0 Å². The van der Waals surface area contributed by atoms with Crippen molar-refractivity contribution in [2.24, 2.45) is 0 Å². The second kappa shape index (κ2) is 3.41. The summed E-state index contributed by atoms with van der Waals surface area (Å²) in [6.45, 7) is 0. The Morgan fingerprint density at radius 3 is 2.73 bits per heavy atom. The second-order valence-corrected chi connectivity index (χ2v) is 4.75. The zero-order chi connectivity index (χ0) is 10.3. The Morgan fingerprint density at radius 1 is 0.933 bits per heavy atom. The van der Waals surface area contributed by atoms with Crippen LogP contribution in [0.25, 0.3) is 21.7 Å². The van der Waals surface area contributed by atoms with Crippen LogP contribution in [0.1, 0.15) is 0 Å². The number of hydrogen-bond donors (Lipinski definition) is 0. The molecule has 0 bridgehead atoms. The maximum atomic E-state index is 4.47. The monoisotopic (exact) mass is 371 g/mol. The van der Waals surface area contributed by atoms with E-state index in [0.717, 1.165) is 5.52 Å². The zero-order valence-electron chi connectivity index (χ0n) is 7.90. The summed E-state index contributed by atoms with van der Waals surface area (Å²) in [6, 6.07) is 14.6. The first-order valence-electron chi connectivity index (χ1n) is 4.76. The molecule has 0 spiro atoms. The predicted octanol–water partition coefficient (Wildman–Crippen LogP) is 2.56. The molecule has 0 fully saturated rings. The Kier molecular flexibility index (Phi) is 2.05. The summed E-state index contributed by atoms with van der Waals surface area (Å²) >= 11 is 2.14. The van der Waals surface area contributed by atoms with E-state index >= 15 is 0 Å². The SMILES string of the molecule is [Ir][c]1cccc2ncc3ccccc3c12. The van der Waals surface area contributed by atoms with Gasteiger partial charge >= 0.3 is 98.3 Å². The molecule has 2 aromatic carbocycles. The third-order valence-electron chi connectivity index (χ3n) is 2.55. The van der Waals surface area contributed by atoms with E-state index in [0.29, 0.717) is 0 Å². The van der Waals surface area contributed by atoms with Crippen molar-refractivity contribution in [2.45, 2.75) is 0 Å². The fourth-order valence-corrected chi connectivity index (χ4v) is 2.71.